The fraction of sp³-hybridized carbons (Fsp3) is 0.286. The summed E-state index contributed by atoms with van der Waals surface area (Å²) in [5, 5.41) is 11.1. The Kier molecular flexibility index (Phi) is 6.06. The predicted molar refractivity (Wildman–Crippen MR) is 74.9 cm³/mol. The van der Waals surface area contributed by atoms with E-state index in [1.165, 1.54) is 24.3 Å². The molecule has 8 heteroatoms. The van der Waals surface area contributed by atoms with Crippen LogP contribution in [-0.2, 0) is 25.5 Å². The molecule has 0 aliphatic heterocycles. The second-order valence-electron chi connectivity index (χ2n) is 4.51. The standard InChI is InChI=1S/C14H16N2O6/c1-8(17)22-7-12(18)16-11(13(15)19)6-9-2-4-10(5-3-9)14(20)21/h2-5,11H,6-7H2,1H3,(H2,15,19)(H,16,18)(H,20,21)/t11-/m0/s1. The van der Waals surface area contributed by atoms with Crippen molar-refractivity contribution in [3.8, 4) is 0 Å². The molecule has 0 aliphatic rings. The van der Waals surface area contributed by atoms with Gasteiger partial charge in [0.25, 0.3) is 5.91 Å². The van der Waals surface area contributed by atoms with Crippen LogP contribution in [0.25, 0.3) is 0 Å². The van der Waals surface area contributed by atoms with Crippen molar-refractivity contribution in [3.63, 3.8) is 0 Å². The van der Waals surface area contributed by atoms with E-state index in [0.717, 1.165) is 6.92 Å². The van der Waals surface area contributed by atoms with Gasteiger partial charge in [0.2, 0.25) is 5.91 Å². The molecular formula is C14H16N2O6. The van der Waals surface area contributed by atoms with E-state index in [0.29, 0.717) is 5.56 Å². The van der Waals surface area contributed by atoms with Gasteiger partial charge in [0.15, 0.2) is 6.61 Å². The van der Waals surface area contributed by atoms with E-state index in [-0.39, 0.29) is 12.0 Å². The van der Waals surface area contributed by atoms with Gasteiger partial charge in [-0.15, -0.1) is 0 Å². The molecule has 1 aromatic rings. The van der Waals surface area contributed by atoms with Crippen LogP contribution in [0, 0.1) is 0 Å². The molecular weight excluding hydrogens is 292 g/mol. The quantitative estimate of drug-likeness (QED) is 0.579. The molecule has 0 aliphatic carbocycles. The summed E-state index contributed by atoms with van der Waals surface area (Å²) in [5.74, 6) is -3.08. The van der Waals surface area contributed by atoms with Gasteiger partial charge < -0.3 is 20.9 Å². The number of carboxylic acids is 1. The molecule has 0 radical (unpaired) electrons. The van der Waals surface area contributed by atoms with Gasteiger partial charge >= 0.3 is 11.9 Å². The number of benzene rings is 1. The summed E-state index contributed by atoms with van der Waals surface area (Å²) in [6, 6.07) is 4.83. The highest BCUT2D eigenvalue weighted by Gasteiger charge is 2.19. The molecule has 1 atom stereocenters. The lowest BCUT2D eigenvalue weighted by molar-refractivity contribution is -0.146. The van der Waals surface area contributed by atoms with Crippen LogP contribution in [0.2, 0.25) is 0 Å². The van der Waals surface area contributed by atoms with Crippen molar-refractivity contribution in [2.75, 3.05) is 6.61 Å². The van der Waals surface area contributed by atoms with Crippen LogP contribution in [0.15, 0.2) is 24.3 Å². The minimum Gasteiger partial charge on any atom is -0.478 e. The maximum Gasteiger partial charge on any atom is 0.335 e. The molecule has 2 amide bonds. The molecule has 0 saturated heterocycles. The number of primary amides is 1. The third-order valence-corrected chi connectivity index (χ3v) is 2.73. The normalized spacial score (nSPS) is 11.3. The van der Waals surface area contributed by atoms with Gasteiger partial charge in [-0.05, 0) is 17.7 Å². The third-order valence-electron chi connectivity index (χ3n) is 2.73. The maximum absolute atomic E-state index is 11.5. The summed E-state index contributed by atoms with van der Waals surface area (Å²) in [5.41, 5.74) is 5.95. The smallest absolute Gasteiger partial charge is 0.335 e. The van der Waals surface area contributed by atoms with Gasteiger partial charge in [-0.3, -0.25) is 14.4 Å². The van der Waals surface area contributed by atoms with Crippen LogP contribution in [-0.4, -0.2) is 41.5 Å². The van der Waals surface area contributed by atoms with Crippen LogP contribution >= 0.6 is 0 Å². The fourth-order valence-corrected chi connectivity index (χ4v) is 1.65. The molecule has 0 fully saturated rings. The summed E-state index contributed by atoms with van der Waals surface area (Å²) < 4.78 is 4.51. The Hall–Kier alpha value is -2.90. The Labute approximate surface area is 126 Å². The molecule has 0 spiro atoms. The second kappa shape index (κ2) is 7.77. The Bertz CT molecular complexity index is 582. The van der Waals surface area contributed by atoms with Crippen molar-refractivity contribution >= 4 is 23.8 Å². The van der Waals surface area contributed by atoms with Crippen molar-refractivity contribution in [1.82, 2.24) is 5.32 Å². The van der Waals surface area contributed by atoms with Crippen molar-refractivity contribution in [2.24, 2.45) is 5.73 Å². The summed E-state index contributed by atoms with van der Waals surface area (Å²) in [6.07, 6.45) is 0.0983. The van der Waals surface area contributed by atoms with E-state index < -0.39 is 36.4 Å². The Morgan fingerprint density at radius 1 is 1.23 bits per heavy atom. The van der Waals surface area contributed by atoms with Crippen LogP contribution in [0.1, 0.15) is 22.8 Å². The lowest BCUT2D eigenvalue weighted by atomic mass is 10.0. The number of carbonyl (C=O) groups is 4. The Balaban J connectivity index is 2.67. The highest BCUT2D eigenvalue weighted by molar-refractivity contribution is 5.88. The average molecular weight is 308 g/mol. The molecule has 118 valence electrons. The largest absolute Gasteiger partial charge is 0.478 e. The molecule has 8 nitrogen and oxygen atoms in total. The lowest BCUT2D eigenvalue weighted by Crippen LogP contribution is -2.47. The number of carbonyl (C=O) groups excluding carboxylic acids is 3. The van der Waals surface area contributed by atoms with E-state index in [1.807, 2.05) is 0 Å². The van der Waals surface area contributed by atoms with Gasteiger partial charge in [-0.2, -0.15) is 0 Å². The zero-order valence-corrected chi connectivity index (χ0v) is 11.9. The van der Waals surface area contributed by atoms with Gasteiger partial charge in [-0.25, -0.2) is 4.79 Å². The highest BCUT2D eigenvalue weighted by atomic mass is 16.5. The van der Waals surface area contributed by atoms with E-state index >= 15 is 0 Å². The third kappa shape index (κ3) is 5.61. The molecule has 0 bridgehead atoms. The summed E-state index contributed by atoms with van der Waals surface area (Å²) in [4.78, 5) is 44.2. The fourth-order valence-electron chi connectivity index (χ4n) is 1.65. The van der Waals surface area contributed by atoms with E-state index in [9.17, 15) is 19.2 Å². The lowest BCUT2D eigenvalue weighted by Gasteiger charge is -2.15. The number of carboxylic acid groups (broad SMARTS) is 1. The van der Waals surface area contributed by atoms with Gasteiger partial charge in [0.1, 0.15) is 6.04 Å². The molecule has 0 saturated carbocycles. The second-order valence-corrected chi connectivity index (χ2v) is 4.51. The van der Waals surface area contributed by atoms with Gasteiger partial charge in [-0.1, -0.05) is 12.1 Å². The maximum atomic E-state index is 11.5. The number of hydrogen-bond donors (Lipinski definition) is 3. The van der Waals surface area contributed by atoms with Crippen LogP contribution < -0.4 is 11.1 Å². The number of nitrogens with one attached hydrogen (secondary N) is 1. The SMILES string of the molecule is CC(=O)OCC(=O)N[C@@H](Cc1ccc(C(=O)O)cc1)C(N)=O. The predicted octanol–water partition coefficient (Wildman–Crippen LogP) is -0.539. The van der Waals surface area contributed by atoms with Crippen LogP contribution in [0.5, 0.6) is 0 Å². The Morgan fingerprint density at radius 3 is 2.27 bits per heavy atom. The molecule has 1 rings (SSSR count). The molecule has 1 aromatic carbocycles. The number of esters is 1. The zero-order valence-electron chi connectivity index (χ0n) is 11.9. The zero-order chi connectivity index (χ0) is 16.7. The highest BCUT2D eigenvalue weighted by Crippen LogP contribution is 2.07. The van der Waals surface area contributed by atoms with Gasteiger partial charge in [0, 0.05) is 13.3 Å². The minimum atomic E-state index is -1.06. The molecule has 0 aromatic heterocycles. The number of aromatic carboxylic acids is 1. The molecule has 22 heavy (non-hydrogen) atoms. The number of nitrogens with two attached hydrogens (primary N) is 1. The van der Waals surface area contributed by atoms with E-state index in [4.69, 9.17) is 10.8 Å². The first-order valence-electron chi connectivity index (χ1n) is 6.34. The molecule has 4 N–H and O–H groups in total. The summed E-state index contributed by atoms with van der Waals surface area (Å²) >= 11 is 0. The number of hydrogen-bond acceptors (Lipinski definition) is 5. The number of amides is 2. The van der Waals surface area contributed by atoms with E-state index in [2.05, 4.69) is 10.1 Å². The average Bonchev–Trinajstić information content (AvgIpc) is 2.44. The first-order valence-corrected chi connectivity index (χ1v) is 6.34. The molecule has 0 heterocycles. The molecule has 0 unspecified atom stereocenters. The van der Waals surface area contributed by atoms with Crippen LogP contribution in [0.3, 0.4) is 0 Å². The first kappa shape index (κ1) is 17.2. The number of ether oxygens (including phenoxy) is 1. The van der Waals surface area contributed by atoms with Gasteiger partial charge in [0.05, 0.1) is 5.56 Å². The van der Waals surface area contributed by atoms with Crippen LogP contribution in [0.4, 0.5) is 0 Å². The Morgan fingerprint density at radius 2 is 1.82 bits per heavy atom. The van der Waals surface area contributed by atoms with Crippen molar-refractivity contribution in [3.05, 3.63) is 35.4 Å². The van der Waals surface area contributed by atoms with Crippen molar-refractivity contribution in [2.45, 2.75) is 19.4 Å². The van der Waals surface area contributed by atoms with Crippen molar-refractivity contribution < 1.29 is 29.0 Å². The minimum absolute atomic E-state index is 0.0983. The first-order chi connectivity index (χ1) is 10.3. The van der Waals surface area contributed by atoms with E-state index in [1.54, 1.807) is 0 Å². The van der Waals surface area contributed by atoms with Crippen molar-refractivity contribution in [1.29, 1.82) is 0 Å². The monoisotopic (exact) mass is 308 g/mol. The summed E-state index contributed by atoms with van der Waals surface area (Å²) in [7, 11) is 0. The number of rotatable bonds is 7. The topological polar surface area (TPSA) is 136 Å². The summed E-state index contributed by atoms with van der Waals surface area (Å²) in [6.45, 7) is 0.653.